The third-order valence-corrected chi connectivity index (χ3v) is 4.91. The lowest BCUT2D eigenvalue weighted by atomic mass is 9.92. The van der Waals surface area contributed by atoms with Crippen molar-refractivity contribution in [3.05, 3.63) is 36.0 Å². The van der Waals surface area contributed by atoms with Crippen LogP contribution in [0.4, 0.5) is 4.79 Å². The minimum absolute atomic E-state index is 0.251. The number of piperidine rings is 1. The Morgan fingerprint density at radius 3 is 2.62 bits per heavy atom. The lowest BCUT2D eigenvalue weighted by Gasteiger charge is -2.34. The minimum atomic E-state index is -0.459. The molecule has 1 saturated heterocycles. The smallest absolute Gasteiger partial charge is 0.321 e. The van der Waals surface area contributed by atoms with Crippen molar-refractivity contribution in [3.8, 4) is 0 Å². The van der Waals surface area contributed by atoms with Crippen molar-refractivity contribution < 1.29 is 9.59 Å². The molecular formula is C18H24N4O2. The second-order valence-electron chi connectivity index (χ2n) is 6.37. The number of nitrogens with one attached hydrogen (secondary N) is 3. The van der Waals surface area contributed by atoms with E-state index in [1.165, 1.54) is 23.6 Å². The van der Waals surface area contributed by atoms with Crippen molar-refractivity contribution in [1.29, 1.82) is 0 Å². The molecule has 3 rings (SSSR count). The third kappa shape index (κ3) is 3.43. The van der Waals surface area contributed by atoms with Crippen LogP contribution < -0.4 is 10.6 Å². The van der Waals surface area contributed by atoms with E-state index in [4.69, 9.17) is 0 Å². The number of aromatic nitrogens is 1. The maximum Gasteiger partial charge on any atom is 0.321 e. The van der Waals surface area contributed by atoms with Crippen LogP contribution in [0.25, 0.3) is 10.9 Å². The number of likely N-dealkylation sites (tertiary alicyclic amines) is 1. The fourth-order valence-electron chi connectivity index (χ4n) is 3.36. The molecule has 2 aromatic rings. The number of para-hydroxylation sites is 1. The molecule has 3 N–H and O–H groups in total. The molecule has 0 aliphatic carbocycles. The van der Waals surface area contributed by atoms with Crippen molar-refractivity contribution in [2.24, 2.45) is 0 Å². The first-order valence-electron chi connectivity index (χ1n) is 8.42. The summed E-state index contributed by atoms with van der Waals surface area (Å²) in [5, 5.41) is 6.00. The SMILES string of the molecule is CNC(=O)NC(=O)[C@@H](C)N1CCC(c2cc3ccccc3[nH]2)CC1. The van der Waals surface area contributed by atoms with E-state index in [9.17, 15) is 9.59 Å². The van der Waals surface area contributed by atoms with Crippen molar-refractivity contribution >= 4 is 22.8 Å². The summed E-state index contributed by atoms with van der Waals surface area (Å²) in [6.07, 6.45) is 2.01. The van der Waals surface area contributed by atoms with E-state index in [-0.39, 0.29) is 11.9 Å². The van der Waals surface area contributed by atoms with E-state index >= 15 is 0 Å². The van der Waals surface area contributed by atoms with Crippen LogP contribution in [-0.2, 0) is 4.79 Å². The Balaban J connectivity index is 1.59. The van der Waals surface area contributed by atoms with Crippen LogP contribution in [0.1, 0.15) is 31.4 Å². The number of imide groups is 1. The highest BCUT2D eigenvalue weighted by Crippen LogP contribution is 2.30. The molecule has 1 aliphatic heterocycles. The van der Waals surface area contributed by atoms with Gasteiger partial charge in [0.2, 0.25) is 5.91 Å². The number of benzene rings is 1. The van der Waals surface area contributed by atoms with Gasteiger partial charge in [0.05, 0.1) is 6.04 Å². The number of aromatic amines is 1. The zero-order chi connectivity index (χ0) is 17.1. The number of amides is 3. The first-order chi connectivity index (χ1) is 11.6. The topological polar surface area (TPSA) is 77.2 Å². The Morgan fingerprint density at radius 1 is 1.25 bits per heavy atom. The van der Waals surface area contributed by atoms with Crippen LogP contribution in [0.3, 0.4) is 0 Å². The van der Waals surface area contributed by atoms with E-state index < -0.39 is 6.03 Å². The Kier molecular flexibility index (Phi) is 4.85. The molecule has 1 aromatic carbocycles. The summed E-state index contributed by atoms with van der Waals surface area (Å²) in [5.74, 6) is 0.237. The van der Waals surface area contributed by atoms with Gasteiger partial charge in [-0.2, -0.15) is 0 Å². The summed E-state index contributed by atoms with van der Waals surface area (Å²) in [7, 11) is 1.50. The number of carbonyl (C=O) groups is 2. The lowest BCUT2D eigenvalue weighted by Crippen LogP contribution is -2.50. The average Bonchev–Trinajstić information content (AvgIpc) is 3.05. The Hall–Kier alpha value is -2.34. The van der Waals surface area contributed by atoms with E-state index in [0.717, 1.165) is 25.9 Å². The first kappa shape index (κ1) is 16.5. The summed E-state index contributed by atoms with van der Waals surface area (Å²) in [4.78, 5) is 29.0. The molecule has 1 fully saturated rings. The predicted octanol–water partition coefficient (Wildman–Crippen LogP) is 2.19. The summed E-state index contributed by atoms with van der Waals surface area (Å²) < 4.78 is 0. The fourth-order valence-corrected chi connectivity index (χ4v) is 3.36. The Bertz CT molecular complexity index is 698. The van der Waals surface area contributed by atoms with Crippen LogP contribution in [0.5, 0.6) is 0 Å². The Morgan fingerprint density at radius 2 is 1.96 bits per heavy atom. The van der Waals surface area contributed by atoms with Crippen LogP contribution >= 0.6 is 0 Å². The van der Waals surface area contributed by atoms with Gasteiger partial charge in [0, 0.05) is 24.2 Å². The van der Waals surface area contributed by atoms with Crippen LogP contribution in [0.2, 0.25) is 0 Å². The Labute approximate surface area is 141 Å². The number of nitrogens with zero attached hydrogens (tertiary/aromatic N) is 1. The molecule has 1 aromatic heterocycles. The monoisotopic (exact) mass is 328 g/mol. The molecule has 0 radical (unpaired) electrons. The molecule has 128 valence electrons. The third-order valence-electron chi connectivity index (χ3n) is 4.91. The predicted molar refractivity (Wildman–Crippen MR) is 93.9 cm³/mol. The summed E-state index contributed by atoms with van der Waals surface area (Å²) in [5.41, 5.74) is 2.45. The maximum atomic E-state index is 12.1. The molecule has 2 heterocycles. The van der Waals surface area contributed by atoms with Crippen molar-refractivity contribution in [1.82, 2.24) is 20.5 Å². The molecule has 0 saturated carbocycles. The number of carbonyl (C=O) groups excluding carboxylic acids is 2. The summed E-state index contributed by atoms with van der Waals surface area (Å²) in [6, 6.07) is 9.78. The summed E-state index contributed by atoms with van der Waals surface area (Å²) >= 11 is 0. The molecule has 1 aliphatic rings. The maximum absolute atomic E-state index is 12.1. The molecule has 0 spiro atoms. The lowest BCUT2D eigenvalue weighted by molar-refractivity contribution is -0.125. The van der Waals surface area contributed by atoms with Crippen LogP contribution in [0, 0.1) is 0 Å². The first-order valence-corrected chi connectivity index (χ1v) is 8.42. The van der Waals surface area contributed by atoms with E-state index in [0.29, 0.717) is 5.92 Å². The molecular weight excluding hydrogens is 304 g/mol. The molecule has 24 heavy (non-hydrogen) atoms. The largest absolute Gasteiger partial charge is 0.358 e. The standard InChI is InChI=1S/C18H24N4O2/c1-12(17(23)21-18(24)19-2)22-9-7-13(8-10-22)16-11-14-5-3-4-6-15(14)20-16/h3-6,11-13,20H,7-10H2,1-2H3,(H2,19,21,23,24)/t12-/m1/s1. The number of rotatable bonds is 3. The van der Waals surface area contributed by atoms with Crippen LogP contribution in [-0.4, -0.2) is 48.0 Å². The quantitative estimate of drug-likeness (QED) is 0.808. The fraction of sp³-hybridized carbons (Fsp3) is 0.444. The van der Waals surface area contributed by atoms with Gasteiger partial charge in [-0.15, -0.1) is 0 Å². The average molecular weight is 328 g/mol. The van der Waals surface area contributed by atoms with Crippen molar-refractivity contribution in [2.75, 3.05) is 20.1 Å². The van der Waals surface area contributed by atoms with Crippen molar-refractivity contribution in [3.63, 3.8) is 0 Å². The van der Waals surface area contributed by atoms with Crippen molar-refractivity contribution in [2.45, 2.75) is 31.7 Å². The van der Waals surface area contributed by atoms with E-state index in [2.05, 4.69) is 44.8 Å². The highest BCUT2D eigenvalue weighted by molar-refractivity contribution is 5.96. The molecule has 1 atom stereocenters. The van der Waals surface area contributed by atoms with Gasteiger partial charge >= 0.3 is 6.03 Å². The van der Waals surface area contributed by atoms with Crippen LogP contribution in [0.15, 0.2) is 30.3 Å². The molecule has 0 unspecified atom stereocenters. The van der Waals surface area contributed by atoms with Gasteiger partial charge in [0.1, 0.15) is 0 Å². The molecule has 3 amide bonds. The number of H-pyrrole nitrogens is 1. The van der Waals surface area contributed by atoms with E-state index in [1.54, 1.807) is 0 Å². The number of hydrogen-bond acceptors (Lipinski definition) is 3. The molecule has 0 bridgehead atoms. The zero-order valence-electron chi connectivity index (χ0n) is 14.1. The normalized spacial score (nSPS) is 17.6. The second-order valence-corrected chi connectivity index (χ2v) is 6.37. The van der Waals surface area contributed by atoms with Gasteiger partial charge in [-0.1, -0.05) is 18.2 Å². The van der Waals surface area contributed by atoms with Gasteiger partial charge in [0.15, 0.2) is 0 Å². The number of hydrogen-bond donors (Lipinski definition) is 3. The summed E-state index contributed by atoms with van der Waals surface area (Å²) in [6.45, 7) is 3.55. The molecule has 6 nitrogen and oxygen atoms in total. The van der Waals surface area contributed by atoms with Gasteiger partial charge in [0.25, 0.3) is 0 Å². The van der Waals surface area contributed by atoms with Gasteiger partial charge < -0.3 is 10.3 Å². The minimum Gasteiger partial charge on any atom is -0.358 e. The highest BCUT2D eigenvalue weighted by Gasteiger charge is 2.28. The van der Waals surface area contributed by atoms with E-state index in [1.807, 2.05) is 13.0 Å². The number of urea groups is 1. The van der Waals surface area contributed by atoms with Gasteiger partial charge in [-0.25, -0.2) is 4.79 Å². The van der Waals surface area contributed by atoms with Gasteiger partial charge in [-0.3, -0.25) is 15.0 Å². The van der Waals surface area contributed by atoms with Gasteiger partial charge in [-0.05, 0) is 50.4 Å². The highest BCUT2D eigenvalue weighted by atomic mass is 16.2. The zero-order valence-corrected chi connectivity index (χ0v) is 14.1. The second kappa shape index (κ2) is 7.05. The molecule has 6 heteroatoms. The number of fused-ring (bicyclic) bond motifs is 1.